The van der Waals surface area contributed by atoms with Gasteiger partial charge in [-0.15, -0.1) is 0 Å². The molecule has 1 fully saturated rings. The molecule has 0 aliphatic carbocycles. The van der Waals surface area contributed by atoms with Crippen LogP contribution in [0.3, 0.4) is 0 Å². The van der Waals surface area contributed by atoms with Crippen molar-refractivity contribution in [2.75, 3.05) is 20.5 Å². The molecule has 1 aliphatic heterocycles. The first kappa shape index (κ1) is 14.1. The number of ether oxygens (including phenoxy) is 4. The van der Waals surface area contributed by atoms with Crippen LogP contribution in [-0.4, -0.2) is 51.1 Å². The van der Waals surface area contributed by atoms with E-state index in [-0.39, 0.29) is 31.4 Å². The van der Waals surface area contributed by atoms with Gasteiger partial charge in [0.25, 0.3) is 0 Å². The van der Waals surface area contributed by atoms with Crippen LogP contribution in [0.15, 0.2) is 0 Å². The Balaban J connectivity index is 2.39. The molecule has 1 rings (SSSR count). The normalized spacial score (nSPS) is 28.0. The molecule has 0 unspecified atom stereocenters. The fraction of sp³-hybridized carbons (Fsp3) is 0.818. The summed E-state index contributed by atoms with van der Waals surface area (Å²) in [4.78, 5) is 22.0. The molecule has 0 N–H and O–H groups in total. The van der Waals surface area contributed by atoms with E-state index >= 15 is 0 Å². The molecule has 17 heavy (non-hydrogen) atoms. The topological polar surface area (TPSA) is 71.1 Å². The van der Waals surface area contributed by atoms with E-state index in [9.17, 15) is 9.59 Å². The Morgan fingerprint density at radius 3 is 2.88 bits per heavy atom. The van der Waals surface area contributed by atoms with Gasteiger partial charge in [0.1, 0.15) is 12.9 Å². The maximum atomic E-state index is 11.3. The van der Waals surface area contributed by atoms with Crippen LogP contribution in [0.5, 0.6) is 0 Å². The summed E-state index contributed by atoms with van der Waals surface area (Å²) in [7, 11) is 1.50. The average molecular weight is 246 g/mol. The van der Waals surface area contributed by atoms with Gasteiger partial charge < -0.3 is 23.7 Å². The number of carbonyl (C=O) groups excluding carboxylic acids is 2. The quantitative estimate of drug-likeness (QED) is 0.365. The number of hydrogen-bond donors (Lipinski definition) is 0. The predicted octanol–water partition coefficient (Wildman–Crippen LogP) is 0.285. The Morgan fingerprint density at radius 2 is 2.29 bits per heavy atom. The highest BCUT2D eigenvalue weighted by molar-refractivity contribution is 5.70. The minimum Gasteiger partial charge on any atom is -0.466 e. The fourth-order valence-corrected chi connectivity index (χ4v) is 1.73. The lowest BCUT2D eigenvalue weighted by atomic mass is 10.1. The predicted molar refractivity (Wildman–Crippen MR) is 57.3 cm³/mol. The van der Waals surface area contributed by atoms with E-state index in [1.54, 1.807) is 6.92 Å². The van der Waals surface area contributed by atoms with Gasteiger partial charge in [0.05, 0.1) is 25.2 Å². The number of hydrogen-bond acceptors (Lipinski definition) is 6. The second-order valence-electron chi connectivity index (χ2n) is 3.72. The molecule has 0 bridgehead atoms. The summed E-state index contributed by atoms with van der Waals surface area (Å²) in [5.41, 5.74) is 0. The van der Waals surface area contributed by atoms with Crippen molar-refractivity contribution in [3.05, 3.63) is 0 Å². The third-order valence-electron chi connectivity index (χ3n) is 2.44. The minimum atomic E-state index is -0.635. The summed E-state index contributed by atoms with van der Waals surface area (Å²) >= 11 is 0. The summed E-state index contributed by atoms with van der Waals surface area (Å²) in [6.45, 7) is 2.18. The lowest BCUT2D eigenvalue weighted by molar-refractivity contribution is -0.147. The number of rotatable bonds is 7. The van der Waals surface area contributed by atoms with E-state index in [1.807, 2.05) is 0 Å². The maximum absolute atomic E-state index is 11.3. The molecule has 98 valence electrons. The molecular formula is C11H18O6. The molecular weight excluding hydrogens is 228 g/mol. The zero-order valence-electron chi connectivity index (χ0n) is 10.1. The third kappa shape index (κ3) is 4.41. The molecule has 0 spiro atoms. The monoisotopic (exact) mass is 246 g/mol. The van der Waals surface area contributed by atoms with Crippen LogP contribution >= 0.6 is 0 Å². The summed E-state index contributed by atoms with van der Waals surface area (Å²) in [6, 6.07) is 0. The van der Waals surface area contributed by atoms with E-state index in [0.717, 1.165) is 0 Å². The van der Waals surface area contributed by atoms with Crippen molar-refractivity contribution in [1.82, 2.24) is 0 Å². The fourth-order valence-electron chi connectivity index (χ4n) is 1.73. The molecule has 6 heteroatoms. The summed E-state index contributed by atoms with van der Waals surface area (Å²) in [5.74, 6) is -0.324. The standard InChI is InChI=1S/C11H18O6/c1-3-15-11(13)5-8-4-9(16-7-14-2)10(6-12)17-8/h6,8-10H,3-5,7H2,1-2H3/t8-,9-,10-/m0/s1. The lowest BCUT2D eigenvalue weighted by Crippen LogP contribution is -2.26. The van der Waals surface area contributed by atoms with Gasteiger partial charge in [-0.2, -0.15) is 0 Å². The summed E-state index contributed by atoms with van der Waals surface area (Å²) in [5, 5.41) is 0. The Bertz CT molecular complexity index is 254. The molecule has 1 heterocycles. The van der Waals surface area contributed by atoms with Crippen LogP contribution in [0.25, 0.3) is 0 Å². The SMILES string of the molecule is CCOC(=O)C[C@@H]1C[C@H](OCOC)[C@H](C=O)O1. The highest BCUT2D eigenvalue weighted by Gasteiger charge is 2.37. The van der Waals surface area contributed by atoms with Crippen molar-refractivity contribution in [3.8, 4) is 0 Å². The first-order valence-electron chi connectivity index (χ1n) is 5.58. The van der Waals surface area contributed by atoms with Gasteiger partial charge in [0.15, 0.2) is 6.29 Å². The van der Waals surface area contributed by atoms with Crippen molar-refractivity contribution in [2.24, 2.45) is 0 Å². The second-order valence-corrected chi connectivity index (χ2v) is 3.72. The molecule has 0 saturated carbocycles. The van der Waals surface area contributed by atoms with Crippen molar-refractivity contribution in [2.45, 2.75) is 38.1 Å². The van der Waals surface area contributed by atoms with Gasteiger partial charge in [0.2, 0.25) is 0 Å². The minimum absolute atomic E-state index is 0.102. The third-order valence-corrected chi connectivity index (χ3v) is 2.44. The van der Waals surface area contributed by atoms with E-state index in [1.165, 1.54) is 7.11 Å². The molecule has 0 aromatic carbocycles. The number of carbonyl (C=O) groups is 2. The molecule has 3 atom stereocenters. The van der Waals surface area contributed by atoms with Gasteiger partial charge in [-0.3, -0.25) is 4.79 Å². The van der Waals surface area contributed by atoms with Crippen molar-refractivity contribution in [1.29, 1.82) is 0 Å². The number of esters is 1. The van der Waals surface area contributed by atoms with Crippen LogP contribution in [0, 0.1) is 0 Å². The molecule has 1 saturated heterocycles. The molecule has 0 aromatic rings. The van der Waals surface area contributed by atoms with Crippen LogP contribution in [0.4, 0.5) is 0 Å². The largest absolute Gasteiger partial charge is 0.466 e. The van der Waals surface area contributed by atoms with E-state index in [4.69, 9.17) is 18.9 Å². The number of methoxy groups -OCH3 is 1. The highest BCUT2D eigenvalue weighted by Crippen LogP contribution is 2.24. The van der Waals surface area contributed by atoms with Gasteiger partial charge >= 0.3 is 5.97 Å². The Labute approximate surface area is 100 Å². The zero-order valence-corrected chi connectivity index (χ0v) is 10.1. The Morgan fingerprint density at radius 1 is 1.53 bits per heavy atom. The van der Waals surface area contributed by atoms with Gasteiger partial charge in [-0.25, -0.2) is 0 Å². The Kier molecular flexibility index (Phi) is 6.10. The molecule has 1 aliphatic rings. The summed E-state index contributed by atoms with van der Waals surface area (Å²) < 4.78 is 20.3. The average Bonchev–Trinajstić information content (AvgIpc) is 2.68. The Hall–Kier alpha value is -0.980. The lowest BCUT2D eigenvalue weighted by Gasteiger charge is -2.12. The van der Waals surface area contributed by atoms with Crippen LogP contribution in [0.1, 0.15) is 19.8 Å². The van der Waals surface area contributed by atoms with Gasteiger partial charge in [-0.05, 0) is 6.92 Å². The van der Waals surface area contributed by atoms with Gasteiger partial charge in [0, 0.05) is 13.5 Å². The van der Waals surface area contributed by atoms with Crippen molar-refractivity contribution < 1.29 is 28.5 Å². The van der Waals surface area contributed by atoms with E-state index in [0.29, 0.717) is 19.3 Å². The summed E-state index contributed by atoms with van der Waals surface area (Å²) in [6.07, 6.45) is 0.00444. The van der Waals surface area contributed by atoms with E-state index < -0.39 is 6.10 Å². The molecule has 0 aromatic heterocycles. The van der Waals surface area contributed by atoms with Crippen LogP contribution < -0.4 is 0 Å². The van der Waals surface area contributed by atoms with Gasteiger partial charge in [-0.1, -0.05) is 0 Å². The molecule has 0 amide bonds. The van der Waals surface area contributed by atoms with Crippen molar-refractivity contribution >= 4 is 12.3 Å². The highest BCUT2D eigenvalue weighted by atomic mass is 16.7. The van der Waals surface area contributed by atoms with Crippen LogP contribution in [-0.2, 0) is 28.5 Å². The first-order valence-corrected chi connectivity index (χ1v) is 5.58. The first-order chi connectivity index (χ1) is 8.21. The molecule has 0 radical (unpaired) electrons. The van der Waals surface area contributed by atoms with Crippen LogP contribution in [0.2, 0.25) is 0 Å². The second kappa shape index (κ2) is 7.37. The zero-order chi connectivity index (χ0) is 12.7. The maximum Gasteiger partial charge on any atom is 0.308 e. The smallest absolute Gasteiger partial charge is 0.308 e. The van der Waals surface area contributed by atoms with Crippen molar-refractivity contribution in [3.63, 3.8) is 0 Å². The number of aldehydes is 1. The molecule has 6 nitrogen and oxygen atoms in total. The van der Waals surface area contributed by atoms with E-state index in [2.05, 4.69) is 0 Å².